The number of hydrogen-bond acceptors (Lipinski definition) is 3. The fraction of sp³-hybridized carbons (Fsp3) is 0.208. The van der Waals surface area contributed by atoms with Crippen molar-refractivity contribution in [3.8, 4) is 0 Å². The number of carbonyl (C=O) groups is 2. The molecule has 3 heterocycles. The number of hydrogen-bond donors (Lipinski definition) is 2. The number of anilines is 1. The van der Waals surface area contributed by atoms with E-state index in [4.69, 9.17) is 11.6 Å². The molecule has 4 atom stereocenters. The number of carbonyl (C=O) groups excluding carboxylic acids is 2. The number of likely N-dealkylation sites (tertiary alicyclic amines) is 1. The molecule has 1 saturated heterocycles. The first kappa shape index (κ1) is 19.0. The van der Waals surface area contributed by atoms with E-state index in [1.54, 1.807) is 24.4 Å². The minimum absolute atomic E-state index is 0.112. The second-order valence-corrected chi connectivity index (χ2v) is 8.44. The number of amides is 1. The Kier molecular flexibility index (Phi) is 4.45. The number of ketones is 1. The molecule has 30 heavy (non-hydrogen) atoms. The second-order valence-electron chi connectivity index (χ2n) is 8.01. The standard InChI is InChI=1S/C24H20ClN3O2/c1-28-14-17(15-9-11-16(25)12-10-15)21(22(29)20-8-4-5-13-26-20)24(28)18-6-2-3-7-19(18)27-23(24)30/h2-13,17,21H,14H2,1H3,(H,27,30)/p+1/t17-,21-,24+/m1/s1. The van der Waals surface area contributed by atoms with Crippen molar-refractivity contribution in [2.24, 2.45) is 5.92 Å². The normalized spacial score (nSPS) is 27.1. The third kappa shape index (κ3) is 2.62. The molecule has 0 aliphatic carbocycles. The van der Waals surface area contributed by atoms with E-state index in [1.165, 1.54) is 0 Å². The van der Waals surface area contributed by atoms with Crippen LogP contribution in [0.4, 0.5) is 5.69 Å². The van der Waals surface area contributed by atoms with Gasteiger partial charge in [-0.15, -0.1) is 0 Å². The molecule has 3 aromatic rings. The number of nitrogens with zero attached hydrogens (tertiary/aromatic N) is 1. The molecule has 6 heteroatoms. The third-order valence-corrected chi connectivity index (χ3v) is 6.78. The lowest BCUT2D eigenvalue weighted by atomic mass is 9.71. The van der Waals surface area contributed by atoms with Gasteiger partial charge in [-0.2, -0.15) is 0 Å². The smallest absolute Gasteiger partial charge is 0.291 e. The van der Waals surface area contributed by atoms with E-state index < -0.39 is 11.5 Å². The monoisotopic (exact) mass is 418 g/mol. The van der Waals surface area contributed by atoms with Crippen LogP contribution in [0.1, 0.15) is 27.5 Å². The maximum absolute atomic E-state index is 13.9. The minimum Gasteiger partial charge on any atom is -0.320 e. The molecule has 1 fully saturated rings. The molecule has 150 valence electrons. The average Bonchev–Trinajstić information content (AvgIpc) is 3.24. The van der Waals surface area contributed by atoms with Gasteiger partial charge in [-0.3, -0.25) is 14.6 Å². The van der Waals surface area contributed by atoms with Gasteiger partial charge < -0.3 is 10.2 Å². The molecule has 2 aliphatic rings. The summed E-state index contributed by atoms with van der Waals surface area (Å²) >= 11 is 6.11. The van der Waals surface area contributed by atoms with E-state index in [0.29, 0.717) is 17.3 Å². The lowest BCUT2D eigenvalue weighted by Crippen LogP contribution is -3.15. The van der Waals surface area contributed by atoms with Crippen LogP contribution in [0.5, 0.6) is 0 Å². The largest absolute Gasteiger partial charge is 0.320 e. The Labute approximate surface area is 179 Å². The molecule has 2 aliphatic heterocycles. The number of aromatic nitrogens is 1. The summed E-state index contributed by atoms with van der Waals surface area (Å²) < 4.78 is 0. The quantitative estimate of drug-likeness (QED) is 0.643. The van der Waals surface area contributed by atoms with Gasteiger partial charge in [-0.1, -0.05) is 48.0 Å². The summed E-state index contributed by atoms with van der Waals surface area (Å²) in [4.78, 5) is 32.7. The van der Waals surface area contributed by atoms with Crippen LogP contribution >= 0.6 is 11.6 Å². The van der Waals surface area contributed by atoms with E-state index in [1.807, 2.05) is 55.6 Å². The van der Waals surface area contributed by atoms with Gasteiger partial charge in [0.2, 0.25) is 5.54 Å². The molecule has 5 rings (SSSR count). The molecule has 1 amide bonds. The van der Waals surface area contributed by atoms with Gasteiger partial charge in [-0.25, -0.2) is 0 Å². The van der Waals surface area contributed by atoms with Gasteiger partial charge in [0, 0.05) is 16.8 Å². The first-order valence-corrected chi connectivity index (χ1v) is 10.4. The molecule has 1 unspecified atom stereocenters. The van der Waals surface area contributed by atoms with Crippen molar-refractivity contribution in [1.29, 1.82) is 0 Å². The van der Waals surface area contributed by atoms with Crippen molar-refractivity contribution in [2.45, 2.75) is 11.5 Å². The lowest BCUT2D eigenvalue weighted by Gasteiger charge is -2.31. The van der Waals surface area contributed by atoms with Crippen LogP contribution in [0.2, 0.25) is 5.02 Å². The van der Waals surface area contributed by atoms with Crippen molar-refractivity contribution >= 4 is 29.0 Å². The predicted octanol–water partition coefficient (Wildman–Crippen LogP) is 2.69. The molecule has 0 bridgehead atoms. The van der Waals surface area contributed by atoms with Crippen LogP contribution in [0.3, 0.4) is 0 Å². The van der Waals surface area contributed by atoms with Gasteiger partial charge in [0.05, 0.1) is 25.2 Å². The van der Waals surface area contributed by atoms with Gasteiger partial charge in [0.15, 0.2) is 5.78 Å². The topological polar surface area (TPSA) is 63.5 Å². The van der Waals surface area contributed by atoms with E-state index in [-0.39, 0.29) is 17.6 Å². The number of Topliss-reactive ketones (excluding diaryl/α,β-unsaturated/α-hetero) is 1. The maximum Gasteiger partial charge on any atom is 0.291 e. The van der Waals surface area contributed by atoms with Crippen LogP contribution in [0.25, 0.3) is 0 Å². The summed E-state index contributed by atoms with van der Waals surface area (Å²) in [7, 11) is 2.00. The minimum atomic E-state index is -1.00. The van der Waals surface area contributed by atoms with E-state index in [0.717, 1.165) is 21.7 Å². The number of pyridine rings is 1. The number of quaternary nitrogens is 1. The van der Waals surface area contributed by atoms with Crippen LogP contribution < -0.4 is 10.2 Å². The Morgan fingerprint density at radius 1 is 1.10 bits per heavy atom. The van der Waals surface area contributed by atoms with Crippen molar-refractivity contribution in [1.82, 2.24) is 4.98 Å². The van der Waals surface area contributed by atoms with Crippen molar-refractivity contribution in [3.05, 3.63) is 94.8 Å². The van der Waals surface area contributed by atoms with Crippen LogP contribution in [0, 0.1) is 5.92 Å². The Hall–Kier alpha value is -3.02. The van der Waals surface area contributed by atoms with Gasteiger partial charge in [0.1, 0.15) is 11.6 Å². The highest BCUT2D eigenvalue weighted by atomic mass is 35.5. The molecule has 1 aromatic heterocycles. The Bertz CT molecular complexity index is 1130. The number of para-hydroxylation sites is 1. The number of likely N-dealkylation sites (N-methyl/N-ethyl adjacent to an activating group) is 1. The maximum atomic E-state index is 13.9. The van der Waals surface area contributed by atoms with E-state index in [2.05, 4.69) is 10.3 Å². The summed E-state index contributed by atoms with van der Waals surface area (Å²) in [5.74, 6) is -0.975. The second kappa shape index (κ2) is 7.04. The number of fused-ring (bicyclic) bond motifs is 2. The zero-order chi connectivity index (χ0) is 20.9. The fourth-order valence-electron chi connectivity index (χ4n) is 5.26. The first-order chi connectivity index (χ1) is 14.5. The van der Waals surface area contributed by atoms with Crippen molar-refractivity contribution < 1.29 is 14.5 Å². The van der Waals surface area contributed by atoms with Crippen LogP contribution in [-0.4, -0.2) is 30.3 Å². The lowest BCUT2D eigenvalue weighted by molar-refractivity contribution is -0.918. The Morgan fingerprint density at radius 3 is 2.57 bits per heavy atom. The number of rotatable bonds is 3. The molecule has 1 spiro atoms. The summed E-state index contributed by atoms with van der Waals surface area (Å²) in [6.45, 7) is 0.645. The Morgan fingerprint density at radius 2 is 1.83 bits per heavy atom. The Balaban J connectivity index is 1.73. The fourth-order valence-corrected chi connectivity index (χ4v) is 5.38. The highest BCUT2D eigenvalue weighted by molar-refractivity contribution is 6.30. The predicted molar refractivity (Wildman–Crippen MR) is 115 cm³/mol. The van der Waals surface area contributed by atoms with Gasteiger partial charge in [0.25, 0.3) is 5.91 Å². The molecule has 0 radical (unpaired) electrons. The van der Waals surface area contributed by atoms with Crippen LogP contribution in [-0.2, 0) is 10.3 Å². The zero-order valence-corrected chi connectivity index (χ0v) is 17.2. The molecular formula is C24H21ClN3O2+. The van der Waals surface area contributed by atoms with E-state index >= 15 is 0 Å². The first-order valence-electron chi connectivity index (χ1n) is 9.98. The van der Waals surface area contributed by atoms with Gasteiger partial charge in [-0.05, 0) is 35.9 Å². The number of benzene rings is 2. The molecule has 2 N–H and O–H groups in total. The number of halogens is 1. The van der Waals surface area contributed by atoms with Gasteiger partial charge >= 0.3 is 0 Å². The van der Waals surface area contributed by atoms with Crippen molar-refractivity contribution in [3.63, 3.8) is 0 Å². The summed E-state index contributed by atoms with van der Waals surface area (Å²) in [6.07, 6.45) is 1.62. The third-order valence-electron chi connectivity index (χ3n) is 6.52. The average molecular weight is 419 g/mol. The summed E-state index contributed by atoms with van der Waals surface area (Å²) in [6, 6.07) is 20.6. The number of nitrogens with one attached hydrogen (secondary N) is 2. The summed E-state index contributed by atoms with van der Waals surface area (Å²) in [5, 5.41) is 3.67. The highest BCUT2D eigenvalue weighted by Gasteiger charge is 2.68. The highest BCUT2D eigenvalue weighted by Crippen LogP contribution is 2.48. The van der Waals surface area contributed by atoms with Crippen LogP contribution in [0.15, 0.2) is 72.9 Å². The van der Waals surface area contributed by atoms with Crippen molar-refractivity contribution in [2.75, 3.05) is 18.9 Å². The summed E-state index contributed by atoms with van der Waals surface area (Å²) in [5.41, 5.74) is 2.03. The molecule has 2 aromatic carbocycles. The molecule has 5 nitrogen and oxygen atoms in total. The zero-order valence-electron chi connectivity index (χ0n) is 16.4. The molecule has 0 saturated carbocycles. The molecular weight excluding hydrogens is 398 g/mol. The SMILES string of the molecule is C[NH+]1C[C@H](c2ccc(Cl)cc2)[C@H](C(=O)c2ccccn2)[C@@]12C(=O)Nc1ccccc12. The van der Waals surface area contributed by atoms with E-state index in [9.17, 15) is 9.59 Å².